The van der Waals surface area contributed by atoms with Crippen LogP contribution >= 0.6 is 23.1 Å². The van der Waals surface area contributed by atoms with Gasteiger partial charge in [0.2, 0.25) is 4.47 Å². The Kier molecular flexibility index (Phi) is 1.97. The highest BCUT2D eigenvalue weighted by Gasteiger charge is 2.07. The maximum absolute atomic E-state index is 5.74. The SMILES string of the molecule is Clc1nc(-c2cc3ccccc3[nH]2)ns1. The van der Waals surface area contributed by atoms with Crippen LogP contribution in [0.4, 0.5) is 0 Å². The average Bonchev–Trinajstić information content (AvgIpc) is 2.82. The molecule has 74 valence electrons. The number of fused-ring (bicyclic) bond motifs is 1. The van der Waals surface area contributed by atoms with Crippen molar-refractivity contribution < 1.29 is 0 Å². The van der Waals surface area contributed by atoms with Gasteiger partial charge in [-0.1, -0.05) is 18.2 Å². The molecule has 1 aromatic carbocycles. The number of para-hydroxylation sites is 1. The lowest BCUT2D eigenvalue weighted by Crippen LogP contribution is -1.78. The minimum absolute atomic E-state index is 0.462. The number of nitrogens with zero attached hydrogens (tertiary/aromatic N) is 2. The molecule has 0 spiro atoms. The molecule has 15 heavy (non-hydrogen) atoms. The Hall–Kier alpha value is -1.39. The van der Waals surface area contributed by atoms with Crippen LogP contribution in [0.5, 0.6) is 0 Å². The Balaban J connectivity index is 2.19. The molecule has 0 fully saturated rings. The topological polar surface area (TPSA) is 41.6 Å². The van der Waals surface area contributed by atoms with Crippen LogP contribution in [-0.2, 0) is 0 Å². The second kappa shape index (κ2) is 3.32. The van der Waals surface area contributed by atoms with Gasteiger partial charge in [-0.25, -0.2) is 4.98 Å². The predicted octanol–water partition coefficient (Wildman–Crippen LogP) is 3.34. The molecule has 0 aliphatic heterocycles. The van der Waals surface area contributed by atoms with E-state index >= 15 is 0 Å². The van der Waals surface area contributed by atoms with Gasteiger partial charge in [-0.05, 0) is 35.3 Å². The summed E-state index contributed by atoms with van der Waals surface area (Å²) in [5.41, 5.74) is 1.98. The first-order valence-corrected chi connectivity index (χ1v) is 5.55. The van der Waals surface area contributed by atoms with Gasteiger partial charge >= 0.3 is 0 Å². The van der Waals surface area contributed by atoms with E-state index in [9.17, 15) is 0 Å². The van der Waals surface area contributed by atoms with E-state index in [0.29, 0.717) is 10.3 Å². The standard InChI is InChI=1S/C10H6ClN3S/c11-10-13-9(14-15-10)8-5-6-3-1-2-4-7(6)12-8/h1-5,12H. The third-order valence-electron chi connectivity index (χ3n) is 2.17. The van der Waals surface area contributed by atoms with Crippen molar-refractivity contribution in [2.24, 2.45) is 0 Å². The Labute approximate surface area is 94.9 Å². The van der Waals surface area contributed by atoms with Crippen molar-refractivity contribution in [1.82, 2.24) is 14.3 Å². The zero-order valence-electron chi connectivity index (χ0n) is 7.57. The molecule has 0 bridgehead atoms. The maximum Gasteiger partial charge on any atom is 0.203 e. The van der Waals surface area contributed by atoms with Gasteiger partial charge in [0.1, 0.15) is 0 Å². The molecule has 3 nitrogen and oxygen atoms in total. The van der Waals surface area contributed by atoms with Crippen LogP contribution in [-0.4, -0.2) is 14.3 Å². The number of halogens is 1. The van der Waals surface area contributed by atoms with Crippen molar-refractivity contribution >= 4 is 34.0 Å². The van der Waals surface area contributed by atoms with Gasteiger partial charge < -0.3 is 4.98 Å². The minimum Gasteiger partial charge on any atom is -0.352 e. The molecule has 2 heterocycles. The first-order valence-electron chi connectivity index (χ1n) is 4.40. The number of benzene rings is 1. The van der Waals surface area contributed by atoms with Crippen LogP contribution in [0.25, 0.3) is 22.4 Å². The highest BCUT2D eigenvalue weighted by Crippen LogP contribution is 2.24. The molecule has 0 aliphatic carbocycles. The summed E-state index contributed by atoms with van der Waals surface area (Å²) in [6, 6.07) is 10.1. The number of aromatic amines is 1. The molecule has 3 aromatic rings. The van der Waals surface area contributed by atoms with Gasteiger partial charge in [-0.15, -0.1) is 0 Å². The van der Waals surface area contributed by atoms with Crippen molar-refractivity contribution in [2.75, 3.05) is 0 Å². The summed E-state index contributed by atoms with van der Waals surface area (Å²) in [6.45, 7) is 0. The minimum atomic E-state index is 0.462. The molecular formula is C10H6ClN3S. The summed E-state index contributed by atoms with van der Waals surface area (Å²) in [5, 5.41) is 1.15. The van der Waals surface area contributed by atoms with Crippen LogP contribution in [0.15, 0.2) is 30.3 Å². The van der Waals surface area contributed by atoms with Crippen LogP contribution in [0.2, 0.25) is 4.47 Å². The molecular weight excluding hydrogens is 230 g/mol. The third-order valence-corrected chi connectivity index (χ3v) is 2.97. The van der Waals surface area contributed by atoms with Crippen LogP contribution in [0, 0.1) is 0 Å². The summed E-state index contributed by atoms with van der Waals surface area (Å²) in [4.78, 5) is 7.37. The van der Waals surface area contributed by atoms with E-state index in [-0.39, 0.29) is 0 Å². The third kappa shape index (κ3) is 1.52. The molecule has 0 unspecified atom stereocenters. The molecule has 5 heteroatoms. The van der Waals surface area contributed by atoms with Crippen LogP contribution in [0.1, 0.15) is 0 Å². The highest BCUT2D eigenvalue weighted by atomic mass is 35.5. The second-order valence-electron chi connectivity index (χ2n) is 3.14. The summed E-state index contributed by atoms with van der Waals surface area (Å²) >= 11 is 6.93. The lowest BCUT2D eigenvalue weighted by Gasteiger charge is -1.86. The van der Waals surface area contributed by atoms with E-state index in [2.05, 4.69) is 14.3 Å². The quantitative estimate of drug-likeness (QED) is 0.703. The lowest BCUT2D eigenvalue weighted by atomic mass is 10.2. The molecule has 3 rings (SSSR count). The fourth-order valence-corrected chi connectivity index (χ4v) is 2.12. The average molecular weight is 236 g/mol. The van der Waals surface area contributed by atoms with Gasteiger partial charge in [0, 0.05) is 10.9 Å². The van der Waals surface area contributed by atoms with Gasteiger partial charge in [0.05, 0.1) is 5.69 Å². The maximum atomic E-state index is 5.74. The fraction of sp³-hybridized carbons (Fsp3) is 0. The van der Waals surface area contributed by atoms with Crippen molar-refractivity contribution in [1.29, 1.82) is 0 Å². The molecule has 1 N–H and O–H groups in total. The van der Waals surface area contributed by atoms with E-state index < -0.39 is 0 Å². The van der Waals surface area contributed by atoms with E-state index in [4.69, 9.17) is 11.6 Å². The van der Waals surface area contributed by atoms with Crippen molar-refractivity contribution in [3.8, 4) is 11.5 Å². The van der Waals surface area contributed by atoms with Crippen LogP contribution < -0.4 is 0 Å². The Morgan fingerprint density at radius 2 is 2.13 bits per heavy atom. The fourth-order valence-electron chi connectivity index (χ4n) is 1.51. The summed E-state index contributed by atoms with van der Waals surface area (Å²) in [5.74, 6) is 0.654. The molecule has 0 saturated carbocycles. The summed E-state index contributed by atoms with van der Waals surface area (Å²) in [7, 11) is 0. The summed E-state index contributed by atoms with van der Waals surface area (Å²) in [6.07, 6.45) is 0. The van der Waals surface area contributed by atoms with Crippen LogP contribution in [0.3, 0.4) is 0 Å². The van der Waals surface area contributed by atoms with Gasteiger partial charge in [-0.2, -0.15) is 4.37 Å². The van der Waals surface area contributed by atoms with E-state index in [1.54, 1.807) is 0 Å². The van der Waals surface area contributed by atoms with E-state index in [0.717, 1.165) is 16.6 Å². The Morgan fingerprint density at radius 3 is 2.87 bits per heavy atom. The first kappa shape index (κ1) is 8.88. The first-order chi connectivity index (χ1) is 7.33. The second-order valence-corrected chi connectivity index (χ2v) is 4.48. The predicted molar refractivity (Wildman–Crippen MR) is 62.2 cm³/mol. The molecule has 0 saturated heterocycles. The molecule has 0 atom stereocenters. The monoisotopic (exact) mass is 235 g/mol. The van der Waals surface area contributed by atoms with E-state index in [1.165, 1.54) is 11.5 Å². The van der Waals surface area contributed by atoms with Crippen molar-refractivity contribution in [3.05, 3.63) is 34.8 Å². The van der Waals surface area contributed by atoms with Gasteiger partial charge in [0.15, 0.2) is 5.82 Å². The zero-order valence-corrected chi connectivity index (χ0v) is 9.14. The van der Waals surface area contributed by atoms with E-state index in [1.807, 2.05) is 30.3 Å². The number of hydrogen-bond acceptors (Lipinski definition) is 3. The molecule has 0 amide bonds. The molecule has 0 aliphatic rings. The normalized spacial score (nSPS) is 11.0. The zero-order chi connectivity index (χ0) is 10.3. The number of rotatable bonds is 1. The number of hydrogen-bond donors (Lipinski definition) is 1. The molecule has 0 radical (unpaired) electrons. The van der Waals surface area contributed by atoms with Crippen molar-refractivity contribution in [2.45, 2.75) is 0 Å². The molecule has 2 aromatic heterocycles. The largest absolute Gasteiger partial charge is 0.352 e. The van der Waals surface area contributed by atoms with Crippen molar-refractivity contribution in [3.63, 3.8) is 0 Å². The van der Waals surface area contributed by atoms with Gasteiger partial charge in [-0.3, -0.25) is 0 Å². The number of H-pyrrole nitrogens is 1. The summed E-state index contributed by atoms with van der Waals surface area (Å²) < 4.78 is 4.61. The Morgan fingerprint density at radius 1 is 1.27 bits per heavy atom. The Bertz CT molecular complexity index is 581. The number of nitrogens with one attached hydrogen (secondary N) is 1. The smallest absolute Gasteiger partial charge is 0.203 e. The van der Waals surface area contributed by atoms with Gasteiger partial charge in [0.25, 0.3) is 0 Å². The highest BCUT2D eigenvalue weighted by molar-refractivity contribution is 7.10. The number of aromatic nitrogens is 3. The lowest BCUT2D eigenvalue weighted by molar-refractivity contribution is 1.28.